The summed E-state index contributed by atoms with van der Waals surface area (Å²) in [5.41, 5.74) is 2.33. The van der Waals surface area contributed by atoms with Crippen LogP contribution in [0.2, 0.25) is 0 Å². The monoisotopic (exact) mass is 215 g/mol. The van der Waals surface area contributed by atoms with Gasteiger partial charge in [0.25, 0.3) is 0 Å². The van der Waals surface area contributed by atoms with E-state index in [1.807, 2.05) is 13.1 Å². The molecule has 16 heavy (non-hydrogen) atoms. The highest BCUT2D eigenvalue weighted by Gasteiger charge is 1.98. The van der Waals surface area contributed by atoms with Gasteiger partial charge in [0.05, 0.1) is 5.52 Å². The van der Waals surface area contributed by atoms with E-state index in [2.05, 4.69) is 46.8 Å². The molecule has 0 unspecified atom stereocenters. The summed E-state index contributed by atoms with van der Waals surface area (Å²) in [5, 5.41) is 7.55. The average Bonchev–Trinajstić information content (AvgIpc) is 2.35. The number of hydrogen-bond donors (Lipinski definition) is 2. The van der Waals surface area contributed by atoms with Gasteiger partial charge < -0.3 is 10.6 Å². The fourth-order valence-electron chi connectivity index (χ4n) is 1.69. The third-order valence-electron chi connectivity index (χ3n) is 2.59. The average molecular weight is 215 g/mol. The molecule has 1 aromatic carbocycles. The normalized spacial score (nSPS) is 10.6. The quantitative estimate of drug-likeness (QED) is 0.822. The first-order chi connectivity index (χ1) is 7.83. The molecule has 0 saturated carbocycles. The Morgan fingerprint density at radius 2 is 2.06 bits per heavy atom. The van der Waals surface area contributed by atoms with Crippen molar-refractivity contribution < 1.29 is 0 Å². The smallest absolute Gasteiger partial charge is 0.126 e. The lowest BCUT2D eigenvalue weighted by molar-refractivity contribution is 0.727. The van der Waals surface area contributed by atoms with Crippen molar-refractivity contribution in [2.75, 3.05) is 18.9 Å². The Bertz CT molecular complexity index is 480. The number of fused-ring (bicyclic) bond motifs is 1. The van der Waals surface area contributed by atoms with E-state index >= 15 is 0 Å². The SMILES string of the molecule is CCNCc1ccc2nc(NC)ccc2c1. The summed E-state index contributed by atoms with van der Waals surface area (Å²) in [6.45, 7) is 4.02. The van der Waals surface area contributed by atoms with E-state index in [1.54, 1.807) is 0 Å². The molecule has 0 atom stereocenters. The van der Waals surface area contributed by atoms with Crippen molar-refractivity contribution >= 4 is 16.7 Å². The number of aromatic nitrogens is 1. The van der Waals surface area contributed by atoms with E-state index in [-0.39, 0.29) is 0 Å². The number of benzene rings is 1. The summed E-state index contributed by atoms with van der Waals surface area (Å²) in [4.78, 5) is 4.48. The third kappa shape index (κ3) is 2.31. The lowest BCUT2D eigenvalue weighted by Crippen LogP contribution is -2.11. The molecule has 0 aliphatic rings. The zero-order chi connectivity index (χ0) is 11.4. The van der Waals surface area contributed by atoms with Crippen LogP contribution in [0, 0.1) is 0 Å². The first kappa shape index (κ1) is 10.9. The van der Waals surface area contributed by atoms with E-state index in [0.717, 1.165) is 24.4 Å². The van der Waals surface area contributed by atoms with Crippen molar-refractivity contribution in [3.8, 4) is 0 Å². The van der Waals surface area contributed by atoms with Crippen LogP contribution in [0.3, 0.4) is 0 Å². The maximum atomic E-state index is 4.48. The highest BCUT2D eigenvalue weighted by molar-refractivity contribution is 5.80. The van der Waals surface area contributed by atoms with Gasteiger partial charge in [-0.05, 0) is 36.4 Å². The topological polar surface area (TPSA) is 37.0 Å². The summed E-state index contributed by atoms with van der Waals surface area (Å²) in [6.07, 6.45) is 0. The zero-order valence-electron chi connectivity index (χ0n) is 9.75. The summed E-state index contributed by atoms with van der Waals surface area (Å²) in [6, 6.07) is 10.5. The van der Waals surface area contributed by atoms with Crippen LogP contribution in [0.15, 0.2) is 30.3 Å². The van der Waals surface area contributed by atoms with Gasteiger partial charge in [0.2, 0.25) is 0 Å². The molecule has 2 N–H and O–H groups in total. The van der Waals surface area contributed by atoms with Crippen LogP contribution >= 0.6 is 0 Å². The van der Waals surface area contributed by atoms with Gasteiger partial charge in [0, 0.05) is 19.0 Å². The molecule has 0 aliphatic heterocycles. The first-order valence-electron chi connectivity index (χ1n) is 5.61. The molecule has 0 spiro atoms. The molecule has 1 aromatic heterocycles. The summed E-state index contributed by atoms with van der Waals surface area (Å²) < 4.78 is 0. The second-order valence-electron chi connectivity index (χ2n) is 3.75. The second kappa shape index (κ2) is 4.94. The Kier molecular flexibility index (Phi) is 3.37. The van der Waals surface area contributed by atoms with Crippen molar-refractivity contribution in [3.63, 3.8) is 0 Å². The Morgan fingerprint density at radius 1 is 1.19 bits per heavy atom. The molecular formula is C13H17N3. The molecule has 2 aromatic rings. The van der Waals surface area contributed by atoms with Gasteiger partial charge in [-0.3, -0.25) is 0 Å². The van der Waals surface area contributed by atoms with Crippen LogP contribution < -0.4 is 10.6 Å². The van der Waals surface area contributed by atoms with Gasteiger partial charge in [0.1, 0.15) is 5.82 Å². The number of pyridine rings is 1. The van der Waals surface area contributed by atoms with E-state index in [1.165, 1.54) is 10.9 Å². The van der Waals surface area contributed by atoms with Crippen LogP contribution in [-0.2, 0) is 6.54 Å². The van der Waals surface area contributed by atoms with E-state index in [4.69, 9.17) is 0 Å². The van der Waals surface area contributed by atoms with Crippen molar-refractivity contribution in [1.29, 1.82) is 0 Å². The van der Waals surface area contributed by atoms with Gasteiger partial charge in [-0.1, -0.05) is 13.0 Å². The molecule has 3 nitrogen and oxygen atoms in total. The predicted molar refractivity (Wildman–Crippen MR) is 68.7 cm³/mol. The number of nitrogens with zero attached hydrogens (tertiary/aromatic N) is 1. The number of nitrogens with one attached hydrogen (secondary N) is 2. The standard InChI is InChI=1S/C13H17N3/c1-3-15-9-10-4-6-12-11(8-10)5-7-13(14-2)16-12/h4-8,15H,3,9H2,1-2H3,(H,14,16). The molecule has 0 bridgehead atoms. The second-order valence-corrected chi connectivity index (χ2v) is 3.75. The summed E-state index contributed by atoms with van der Waals surface area (Å²) in [5.74, 6) is 0.909. The van der Waals surface area contributed by atoms with Crippen LogP contribution in [0.5, 0.6) is 0 Å². The largest absolute Gasteiger partial charge is 0.373 e. The van der Waals surface area contributed by atoms with Crippen LogP contribution in [0.1, 0.15) is 12.5 Å². The van der Waals surface area contributed by atoms with Crippen molar-refractivity contribution in [2.45, 2.75) is 13.5 Å². The number of rotatable bonds is 4. The van der Waals surface area contributed by atoms with Gasteiger partial charge in [0.15, 0.2) is 0 Å². The molecule has 84 valence electrons. The molecule has 0 radical (unpaired) electrons. The van der Waals surface area contributed by atoms with Gasteiger partial charge >= 0.3 is 0 Å². The van der Waals surface area contributed by atoms with E-state index in [0.29, 0.717) is 0 Å². The van der Waals surface area contributed by atoms with Gasteiger partial charge in [-0.2, -0.15) is 0 Å². The minimum Gasteiger partial charge on any atom is -0.373 e. The highest BCUT2D eigenvalue weighted by Crippen LogP contribution is 2.16. The molecule has 0 fully saturated rings. The van der Waals surface area contributed by atoms with Crippen LogP contribution in [0.25, 0.3) is 10.9 Å². The van der Waals surface area contributed by atoms with Crippen LogP contribution in [-0.4, -0.2) is 18.6 Å². The minimum absolute atomic E-state index is 0.909. The third-order valence-corrected chi connectivity index (χ3v) is 2.59. The Morgan fingerprint density at radius 3 is 2.81 bits per heavy atom. The molecule has 0 saturated heterocycles. The van der Waals surface area contributed by atoms with Crippen molar-refractivity contribution in [1.82, 2.24) is 10.3 Å². The molecule has 1 heterocycles. The molecule has 2 rings (SSSR count). The Hall–Kier alpha value is -1.61. The molecular weight excluding hydrogens is 198 g/mol. The maximum absolute atomic E-state index is 4.48. The minimum atomic E-state index is 0.909. The molecule has 0 aliphatic carbocycles. The van der Waals surface area contributed by atoms with Crippen molar-refractivity contribution in [2.24, 2.45) is 0 Å². The van der Waals surface area contributed by atoms with Crippen LogP contribution in [0.4, 0.5) is 5.82 Å². The van der Waals surface area contributed by atoms with Crippen molar-refractivity contribution in [3.05, 3.63) is 35.9 Å². The van der Waals surface area contributed by atoms with Gasteiger partial charge in [-0.25, -0.2) is 4.98 Å². The number of anilines is 1. The Balaban J connectivity index is 2.32. The fraction of sp³-hybridized carbons (Fsp3) is 0.308. The zero-order valence-corrected chi connectivity index (χ0v) is 9.75. The molecule has 0 amide bonds. The molecule has 3 heteroatoms. The Labute approximate surface area is 95.9 Å². The van der Waals surface area contributed by atoms with E-state index < -0.39 is 0 Å². The lowest BCUT2D eigenvalue weighted by atomic mass is 10.1. The predicted octanol–water partition coefficient (Wildman–Crippen LogP) is 2.39. The fourth-order valence-corrected chi connectivity index (χ4v) is 1.69. The lowest BCUT2D eigenvalue weighted by Gasteiger charge is -2.05. The summed E-state index contributed by atoms with van der Waals surface area (Å²) in [7, 11) is 1.88. The van der Waals surface area contributed by atoms with E-state index in [9.17, 15) is 0 Å². The maximum Gasteiger partial charge on any atom is 0.126 e. The first-order valence-corrected chi connectivity index (χ1v) is 5.61. The highest BCUT2D eigenvalue weighted by atomic mass is 15.0. The number of hydrogen-bond acceptors (Lipinski definition) is 3. The van der Waals surface area contributed by atoms with Gasteiger partial charge in [-0.15, -0.1) is 0 Å². The summed E-state index contributed by atoms with van der Waals surface area (Å²) >= 11 is 0.